The van der Waals surface area contributed by atoms with Gasteiger partial charge in [0.2, 0.25) is 5.91 Å². The van der Waals surface area contributed by atoms with Crippen LogP contribution in [0.25, 0.3) is 0 Å². The molecule has 2 aromatic carbocycles. The number of carbonyl (C=O) groups is 1. The summed E-state index contributed by atoms with van der Waals surface area (Å²) in [7, 11) is 0. The Hall–Kier alpha value is -2.38. The Morgan fingerprint density at radius 2 is 1.74 bits per heavy atom. The largest absolute Gasteiger partial charge is 0.355 e. The van der Waals surface area contributed by atoms with Gasteiger partial charge in [-0.05, 0) is 61.7 Å². The molecule has 2 heterocycles. The predicted octanol–water partition coefficient (Wildman–Crippen LogP) is 5.48. The Labute approximate surface area is 195 Å². The van der Waals surface area contributed by atoms with Crippen LogP contribution in [0.2, 0.25) is 0 Å². The summed E-state index contributed by atoms with van der Waals surface area (Å²) in [6, 6.07) is 22.3. The lowest BCUT2D eigenvalue weighted by Crippen LogP contribution is -2.41. The quantitative estimate of drug-likeness (QED) is 0.489. The summed E-state index contributed by atoms with van der Waals surface area (Å²) in [5.41, 5.74) is 1.13. The summed E-state index contributed by atoms with van der Waals surface area (Å²) in [6.07, 6.45) is 1.65. The Balaban J connectivity index is 1.28. The van der Waals surface area contributed by atoms with Gasteiger partial charge in [-0.15, -0.1) is 10.2 Å². The zero-order chi connectivity index (χ0) is 21.6. The zero-order valence-electron chi connectivity index (χ0n) is 17.4. The first-order valence-electron chi connectivity index (χ1n) is 10.5. The number of amides is 1. The minimum Gasteiger partial charge on any atom is -0.355 e. The summed E-state index contributed by atoms with van der Waals surface area (Å²) < 4.78 is 1.06. The van der Waals surface area contributed by atoms with E-state index in [-0.39, 0.29) is 17.9 Å². The van der Waals surface area contributed by atoms with Crippen molar-refractivity contribution in [3.63, 3.8) is 0 Å². The topological polar surface area (TPSA) is 58.1 Å². The van der Waals surface area contributed by atoms with E-state index < -0.39 is 0 Å². The second kappa shape index (κ2) is 10.3. The Bertz CT molecular complexity index is 990. The van der Waals surface area contributed by atoms with Gasteiger partial charge in [-0.3, -0.25) is 4.79 Å². The molecule has 3 aromatic rings. The number of halogens is 1. The number of nitrogens with one attached hydrogen (secondary N) is 1. The maximum absolute atomic E-state index is 12.7. The molecular formula is C24H25BrN4OS. The molecule has 0 saturated carbocycles. The molecule has 160 valence electrons. The van der Waals surface area contributed by atoms with E-state index >= 15 is 0 Å². The zero-order valence-corrected chi connectivity index (χ0v) is 19.8. The van der Waals surface area contributed by atoms with Crippen molar-refractivity contribution in [1.29, 1.82) is 0 Å². The second-order valence-corrected chi connectivity index (χ2v) is 9.70. The van der Waals surface area contributed by atoms with Crippen LogP contribution in [-0.2, 0) is 4.79 Å². The average Bonchev–Trinajstić information content (AvgIpc) is 2.82. The minimum absolute atomic E-state index is 0.0216. The van der Waals surface area contributed by atoms with Crippen LogP contribution in [-0.4, -0.2) is 29.2 Å². The van der Waals surface area contributed by atoms with Crippen molar-refractivity contribution in [2.45, 2.75) is 35.7 Å². The van der Waals surface area contributed by atoms with Crippen LogP contribution in [0.1, 0.15) is 31.4 Å². The second-order valence-electron chi connectivity index (χ2n) is 7.69. The van der Waals surface area contributed by atoms with Gasteiger partial charge in [-0.25, -0.2) is 0 Å². The summed E-state index contributed by atoms with van der Waals surface area (Å²) in [4.78, 5) is 16.0. The molecular weight excluding hydrogens is 472 g/mol. The van der Waals surface area contributed by atoms with E-state index in [1.165, 1.54) is 0 Å². The third kappa shape index (κ3) is 5.86. The highest BCUT2D eigenvalue weighted by molar-refractivity contribution is 9.10. The SMILES string of the molecule is C[C@H](NC(=O)C1CCN(c2ccc(Sc3ccc(Br)cc3)nn2)CC1)c1ccccc1. The van der Waals surface area contributed by atoms with Crippen LogP contribution in [0.5, 0.6) is 0 Å². The van der Waals surface area contributed by atoms with Crippen molar-refractivity contribution in [3.8, 4) is 0 Å². The van der Waals surface area contributed by atoms with Crippen LogP contribution in [0.15, 0.2) is 81.1 Å². The number of piperidine rings is 1. The first-order chi connectivity index (χ1) is 15.1. The van der Waals surface area contributed by atoms with Crippen molar-refractivity contribution < 1.29 is 4.79 Å². The molecule has 1 N–H and O–H groups in total. The number of hydrogen-bond acceptors (Lipinski definition) is 5. The molecule has 0 spiro atoms. The molecule has 1 atom stereocenters. The predicted molar refractivity (Wildman–Crippen MR) is 128 cm³/mol. The number of carbonyl (C=O) groups excluding carboxylic acids is 1. The molecule has 0 unspecified atom stereocenters. The summed E-state index contributed by atoms with van der Waals surface area (Å²) >= 11 is 5.05. The fourth-order valence-electron chi connectivity index (χ4n) is 3.69. The number of nitrogens with zero attached hydrogens (tertiary/aromatic N) is 3. The average molecular weight is 497 g/mol. The molecule has 0 radical (unpaired) electrons. The van der Waals surface area contributed by atoms with Crippen LogP contribution < -0.4 is 10.2 Å². The lowest BCUT2D eigenvalue weighted by molar-refractivity contribution is -0.126. The number of rotatable bonds is 6. The van der Waals surface area contributed by atoms with E-state index in [4.69, 9.17) is 0 Å². The molecule has 1 aromatic heterocycles. The number of benzene rings is 2. The van der Waals surface area contributed by atoms with E-state index in [0.717, 1.165) is 51.7 Å². The van der Waals surface area contributed by atoms with Gasteiger partial charge in [0.1, 0.15) is 5.03 Å². The van der Waals surface area contributed by atoms with E-state index in [1.54, 1.807) is 11.8 Å². The van der Waals surface area contributed by atoms with Crippen molar-refractivity contribution in [2.24, 2.45) is 5.92 Å². The lowest BCUT2D eigenvalue weighted by Gasteiger charge is -2.32. The highest BCUT2D eigenvalue weighted by atomic mass is 79.9. The lowest BCUT2D eigenvalue weighted by atomic mass is 9.95. The third-order valence-corrected chi connectivity index (χ3v) is 6.97. The molecule has 1 saturated heterocycles. The van der Waals surface area contributed by atoms with Gasteiger partial charge in [-0.2, -0.15) is 0 Å². The van der Waals surface area contributed by atoms with E-state index in [1.807, 2.05) is 61.5 Å². The Morgan fingerprint density at radius 3 is 2.39 bits per heavy atom. The van der Waals surface area contributed by atoms with Crippen molar-refractivity contribution in [2.75, 3.05) is 18.0 Å². The molecule has 31 heavy (non-hydrogen) atoms. The van der Waals surface area contributed by atoms with Gasteiger partial charge < -0.3 is 10.2 Å². The first-order valence-corrected chi connectivity index (χ1v) is 12.1. The van der Waals surface area contributed by atoms with Crippen LogP contribution in [0.4, 0.5) is 5.82 Å². The summed E-state index contributed by atoms with van der Waals surface area (Å²) in [6.45, 7) is 3.66. The minimum atomic E-state index is 0.0216. The smallest absolute Gasteiger partial charge is 0.223 e. The van der Waals surface area contributed by atoms with E-state index in [0.29, 0.717) is 0 Å². The monoisotopic (exact) mass is 496 g/mol. The number of hydrogen-bond donors (Lipinski definition) is 1. The molecule has 1 aliphatic heterocycles. The van der Waals surface area contributed by atoms with Gasteiger partial charge in [0.15, 0.2) is 5.82 Å². The standard InChI is InChI=1S/C24H25BrN4OS/c1-17(18-5-3-2-4-6-18)26-24(30)19-13-15-29(16-14-19)22-11-12-23(28-27-22)31-21-9-7-20(25)8-10-21/h2-12,17,19H,13-16H2,1H3,(H,26,30)/t17-/m0/s1. The molecule has 0 bridgehead atoms. The Morgan fingerprint density at radius 1 is 1.03 bits per heavy atom. The normalized spacial score (nSPS) is 15.5. The van der Waals surface area contributed by atoms with Gasteiger partial charge >= 0.3 is 0 Å². The van der Waals surface area contributed by atoms with E-state index in [9.17, 15) is 4.79 Å². The molecule has 1 aliphatic rings. The maximum Gasteiger partial charge on any atom is 0.223 e. The first kappa shape index (κ1) is 21.8. The molecule has 1 fully saturated rings. The van der Waals surface area contributed by atoms with Crippen molar-refractivity contribution in [3.05, 3.63) is 76.8 Å². The number of anilines is 1. The fraction of sp³-hybridized carbons (Fsp3) is 0.292. The summed E-state index contributed by atoms with van der Waals surface area (Å²) in [5, 5.41) is 12.8. The van der Waals surface area contributed by atoms with Gasteiger partial charge in [-0.1, -0.05) is 58.0 Å². The van der Waals surface area contributed by atoms with Crippen molar-refractivity contribution >= 4 is 39.4 Å². The molecule has 4 rings (SSSR count). The molecule has 7 heteroatoms. The highest BCUT2D eigenvalue weighted by Crippen LogP contribution is 2.28. The Kier molecular flexibility index (Phi) is 7.25. The van der Waals surface area contributed by atoms with Crippen LogP contribution in [0.3, 0.4) is 0 Å². The van der Waals surface area contributed by atoms with Crippen LogP contribution >= 0.6 is 27.7 Å². The van der Waals surface area contributed by atoms with Gasteiger partial charge in [0, 0.05) is 28.4 Å². The van der Waals surface area contributed by atoms with Gasteiger partial charge in [0.05, 0.1) is 6.04 Å². The van der Waals surface area contributed by atoms with Gasteiger partial charge in [0.25, 0.3) is 0 Å². The van der Waals surface area contributed by atoms with Crippen LogP contribution in [0, 0.1) is 5.92 Å². The number of aromatic nitrogens is 2. The molecule has 5 nitrogen and oxygen atoms in total. The fourth-order valence-corrected chi connectivity index (χ4v) is 4.68. The molecule has 1 amide bonds. The van der Waals surface area contributed by atoms with Crippen molar-refractivity contribution in [1.82, 2.24) is 15.5 Å². The van der Waals surface area contributed by atoms with E-state index in [2.05, 4.69) is 48.5 Å². The highest BCUT2D eigenvalue weighted by Gasteiger charge is 2.26. The molecule has 0 aliphatic carbocycles. The summed E-state index contributed by atoms with van der Waals surface area (Å²) in [5.74, 6) is 1.06. The maximum atomic E-state index is 12.7. The third-order valence-electron chi connectivity index (χ3n) is 5.51.